The van der Waals surface area contributed by atoms with Gasteiger partial charge in [0, 0.05) is 12.6 Å². The van der Waals surface area contributed by atoms with E-state index in [2.05, 4.69) is 21.8 Å². The van der Waals surface area contributed by atoms with Crippen molar-refractivity contribution in [3.8, 4) is 11.8 Å². The lowest BCUT2D eigenvalue weighted by atomic mass is 9.81. The highest BCUT2D eigenvalue weighted by molar-refractivity contribution is 5.88. The number of hydrogen-bond donors (Lipinski definition) is 3. The van der Waals surface area contributed by atoms with Crippen LogP contribution < -0.4 is 16.4 Å². The van der Waals surface area contributed by atoms with Crippen LogP contribution in [0.3, 0.4) is 0 Å². The quantitative estimate of drug-likeness (QED) is 0.436. The van der Waals surface area contributed by atoms with E-state index in [0.717, 1.165) is 18.5 Å². The van der Waals surface area contributed by atoms with Crippen molar-refractivity contribution in [3.63, 3.8) is 0 Å². The molecule has 32 heavy (non-hydrogen) atoms. The predicted molar refractivity (Wildman–Crippen MR) is 121 cm³/mol. The zero-order valence-corrected chi connectivity index (χ0v) is 18.0. The SMILES string of the molecule is N#Cc1c(CCCNC(=O)[C@H]2CC=CC[C@@H]2C(=O)NC2CC2)nn(-c2ccccc2)c1N. The molecule has 166 valence electrons. The molecule has 4 N–H and O–H groups in total. The molecule has 1 saturated carbocycles. The molecule has 2 aromatic rings. The minimum absolute atomic E-state index is 0.0161. The number of rotatable bonds is 8. The zero-order chi connectivity index (χ0) is 22.5. The lowest BCUT2D eigenvalue weighted by Crippen LogP contribution is -2.43. The molecule has 1 aromatic carbocycles. The van der Waals surface area contributed by atoms with E-state index in [1.165, 1.54) is 0 Å². The molecule has 2 atom stereocenters. The lowest BCUT2D eigenvalue weighted by molar-refractivity contribution is -0.135. The van der Waals surface area contributed by atoms with E-state index >= 15 is 0 Å². The van der Waals surface area contributed by atoms with Gasteiger partial charge in [0.15, 0.2) is 0 Å². The molecular formula is C24H28N6O2. The summed E-state index contributed by atoms with van der Waals surface area (Å²) in [6, 6.07) is 11.9. The normalized spacial score (nSPS) is 19.8. The number of aromatic nitrogens is 2. The predicted octanol–water partition coefficient (Wildman–Crippen LogP) is 2.24. The number of amides is 2. The van der Waals surface area contributed by atoms with Crippen LogP contribution in [-0.4, -0.2) is 34.2 Å². The molecule has 2 amide bonds. The zero-order valence-electron chi connectivity index (χ0n) is 18.0. The van der Waals surface area contributed by atoms with Crippen LogP contribution in [0.5, 0.6) is 0 Å². The molecule has 0 saturated heterocycles. The van der Waals surface area contributed by atoms with E-state index in [-0.39, 0.29) is 29.7 Å². The summed E-state index contributed by atoms with van der Waals surface area (Å²) in [6.07, 6.45) is 8.32. The maximum atomic E-state index is 12.8. The van der Waals surface area contributed by atoms with Gasteiger partial charge < -0.3 is 16.4 Å². The van der Waals surface area contributed by atoms with Crippen LogP contribution in [0.1, 0.15) is 43.4 Å². The number of benzene rings is 1. The number of carbonyl (C=O) groups excluding carboxylic acids is 2. The van der Waals surface area contributed by atoms with Crippen LogP contribution in [0.15, 0.2) is 42.5 Å². The monoisotopic (exact) mass is 432 g/mol. The summed E-state index contributed by atoms with van der Waals surface area (Å²) in [5, 5.41) is 20.0. The summed E-state index contributed by atoms with van der Waals surface area (Å²) in [5.74, 6) is -0.456. The van der Waals surface area contributed by atoms with Crippen LogP contribution in [0.2, 0.25) is 0 Å². The molecule has 8 heteroatoms. The first kappa shape index (κ1) is 21.6. The van der Waals surface area contributed by atoms with Gasteiger partial charge in [0.1, 0.15) is 17.5 Å². The average Bonchev–Trinajstić information content (AvgIpc) is 3.58. The Hall–Kier alpha value is -3.60. The number of carbonyl (C=O) groups is 2. The Morgan fingerprint density at radius 3 is 2.47 bits per heavy atom. The van der Waals surface area contributed by atoms with Crippen molar-refractivity contribution in [2.24, 2.45) is 11.8 Å². The number of aryl methyl sites for hydroxylation is 1. The second-order valence-corrected chi connectivity index (χ2v) is 8.40. The number of anilines is 1. The molecule has 0 radical (unpaired) electrons. The molecule has 1 heterocycles. The first-order valence-corrected chi connectivity index (χ1v) is 11.1. The van der Waals surface area contributed by atoms with Gasteiger partial charge in [-0.2, -0.15) is 10.4 Å². The highest BCUT2D eigenvalue weighted by Gasteiger charge is 2.36. The first-order chi connectivity index (χ1) is 15.6. The van der Waals surface area contributed by atoms with Gasteiger partial charge in [0.25, 0.3) is 0 Å². The van der Waals surface area contributed by atoms with Gasteiger partial charge in [-0.25, -0.2) is 4.68 Å². The van der Waals surface area contributed by atoms with Crippen molar-refractivity contribution in [1.82, 2.24) is 20.4 Å². The van der Waals surface area contributed by atoms with Gasteiger partial charge in [-0.15, -0.1) is 0 Å². The molecule has 8 nitrogen and oxygen atoms in total. The molecule has 4 rings (SSSR count). The highest BCUT2D eigenvalue weighted by atomic mass is 16.2. The van der Waals surface area contributed by atoms with E-state index in [1.807, 2.05) is 42.5 Å². The molecule has 0 spiro atoms. The summed E-state index contributed by atoms with van der Waals surface area (Å²) in [4.78, 5) is 25.3. The Bertz CT molecular complexity index is 1050. The largest absolute Gasteiger partial charge is 0.382 e. The first-order valence-electron chi connectivity index (χ1n) is 11.1. The summed E-state index contributed by atoms with van der Waals surface area (Å²) < 4.78 is 1.57. The van der Waals surface area contributed by atoms with E-state index in [4.69, 9.17) is 5.73 Å². The number of nitrogens with zero attached hydrogens (tertiary/aromatic N) is 3. The topological polar surface area (TPSA) is 126 Å². The molecular weight excluding hydrogens is 404 g/mol. The van der Waals surface area contributed by atoms with Crippen LogP contribution >= 0.6 is 0 Å². The third kappa shape index (κ3) is 4.83. The van der Waals surface area contributed by atoms with Gasteiger partial charge in [0.2, 0.25) is 11.8 Å². The van der Waals surface area contributed by atoms with Crippen LogP contribution in [0, 0.1) is 23.2 Å². The van der Waals surface area contributed by atoms with E-state index in [0.29, 0.717) is 49.3 Å². The van der Waals surface area contributed by atoms with E-state index in [9.17, 15) is 14.9 Å². The van der Waals surface area contributed by atoms with Crippen molar-refractivity contribution in [2.75, 3.05) is 12.3 Å². The van der Waals surface area contributed by atoms with Gasteiger partial charge >= 0.3 is 0 Å². The van der Waals surface area contributed by atoms with Gasteiger partial charge in [-0.3, -0.25) is 9.59 Å². The molecule has 0 aliphatic heterocycles. The second kappa shape index (κ2) is 9.69. The van der Waals surface area contributed by atoms with E-state index < -0.39 is 0 Å². The fourth-order valence-electron chi connectivity index (χ4n) is 4.07. The summed E-state index contributed by atoms with van der Waals surface area (Å²) >= 11 is 0. The third-order valence-electron chi connectivity index (χ3n) is 6.03. The molecule has 2 aliphatic carbocycles. The maximum Gasteiger partial charge on any atom is 0.224 e. The van der Waals surface area contributed by atoms with Crippen LogP contribution in [0.25, 0.3) is 5.69 Å². The third-order valence-corrected chi connectivity index (χ3v) is 6.03. The fraction of sp³-hybridized carbons (Fsp3) is 0.417. The van der Waals surface area contributed by atoms with Crippen molar-refractivity contribution >= 4 is 17.6 Å². The smallest absolute Gasteiger partial charge is 0.224 e. The Morgan fingerprint density at radius 1 is 1.12 bits per heavy atom. The molecule has 2 aliphatic rings. The minimum Gasteiger partial charge on any atom is -0.382 e. The Balaban J connectivity index is 1.33. The number of para-hydroxylation sites is 1. The molecule has 1 aromatic heterocycles. The number of nitrogens with one attached hydrogen (secondary N) is 2. The second-order valence-electron chi connectivity index (χ2n) is 8.40. The minimum atomic E-state index is -0.346. The molecule has 0 bridgehead atoms. The van der Waals surface area contributed by atoms with Gasteiger partial charge in [-0.1, -0.05) is 30.4 Å². The Kier molecular flexibility index (Phi) is 6.55. The standard InChI is InChI=1S/C24H28N6O2/c25-15-20-21(29-30(22(20)26)17-7-2-1-3-8-17)11-6-14-27-23(31)18-9-4-5-10-19(18)24(32)28-16-12-13-16/h1-5,7-8,16,18-19H,6,9-14,26H2,(H,27,31)(H,28,32)/t18-,19-/m0/s1. The van der Waals surface area contributed by atoms with Crippen molar-refractivity contribution < 1.29 is 9.59 Å². The van der Waals surface area contributed by atoms with Crippen molar-refractivity contribution in [2.45, 2.75) is 44.6 Å². The van der Waals surface area contributed by atoms with Crippen molar-refractivity contribution in [3.05, 3.63) is 53.7 Å². The number of nitrogen functional groups attached to an aromatic ring is 1. The molecule has 0 unspecified atom stereocenters. The summed E-state index contributed by atoms with van der Waals surface area (Å²) in [5.41, 5.74) is 7.92. The Labute approximate surface area is 187 Å². The summed E-state index contributed by atoms with van der Waals surface area (Å²) in [6.45, 7) is 0.443. The summed E-state index contributed by atoms with van der Waals surface area (Å²) in [7, 11) is 0. The van der Waals surface area contributed by atoms with Crippen LogP contribution in [0.4, 0.5) is 5.82 Å². The lowest BCUT2D eigenvalue weighted by Gasteiger charge is -2.26. The van der Waals surface area contributed by atoms with Gasteiger partial charge in [0.05, 0.1) is 23.2 Å². The average molecular weight is 433 g/mol. The number of allylic oxidation sites excluding steroid dienone is 2. The van der Waals surface area contributed by atoms with E-state index in [1.54, 1.807) is 4.68 Å². The Morgan fingerprint density at radius 2 is 1.81 bits per heavy atom. The number of nitriles is 1. The highest BCUT2D eigenvalue weighted by Crippen LogP contribution is 2.28. The maximum absolute atomic E-state index is 12.8. The molecule has 1 fully saturated rings. The van der Waals surface area contributed by atoms with Crippen LogP contribution in [-0.2, 0) is 16.0 Å². The number of nitrogens with two attached hydrogens (primary N) is 1. The van der Waals surface area contributed by atoms with Gasteiger partial charge in [-0.05, 0) is 50.7 Å². The number of hydrogen-bond acceptors (Lipinski definition) is 5. The van der Waals surface area contributed by atoms with Crippen molar-refractivity contribution in [1.29, 1.82) is 5.26 Å². The fourth-order valence-corrected chi connectivity index (χ4v) is 4.07.